The molecule has 1 aliphatic heterocycles. The van der Waals surface area contributed by atoms with Crippen LogP contribution in [0.25, 0.3) is 22.4 Å². The largest absolute Gasteiger partial charge is 0.393 e. The fourth-order valence-electron chi connectivity index (χ4n) is 4.39. The highest BCUT2D eigenvalue weighted by molar-refractivity contribution is 7.99. The number of aliphatic hydroxyl groups is 1. The van der Waals surface area contributed by atoms with Gasteiger partial charge in [0.05, 0.1) is 11.5 Å². The minimum atomic E-state index is -0.157. The number of anilines is 1. The molecular formula is C23H29N5OS. The Balaban J connectivity index is 1.47. The first-order chi connectivity index (χ1) is 14.7. The Bertz CT molecular complexity index is 978. The van der Waals surface area contributed by atoms with Gasteiger partial charge in [0.1, 0.15) is 11.5 Å². The molecule has 0 bridgehead atoms. The Labute approximate surface area is 181 Å². The van der Waals surface area contributed by atoms with Crippen LogP contribution in [0.3, 0.4) is 0 Å². The third-order valence-corrected chi connectivity index (χ3v) is 7.05. The Morgan fingerprint density at radius 3 is 2.60 bits per heavy atom. The van der Waals surface area contributed by atoms with Crippen molar-refractivity contribution in [1.29, 1.82) is 0 Å². The molecule has 1 aromatic carbocycles. The van der Waals surface area contributed by atoms with Crippen molar-refractivity contribution in [2.75, 3.05) is 29.9 Å². The molecule has 3 N–H and O–H groups in total. The van der Waals surface area contributed by atoms with Gasteiger partial charge in [0.15, 0.2) is 5.82 Å². The van der Waals surface area contributed by atoms with Gasteiger partial charge in [-0.2, -0.15) is 11.8 Å². The number of aromatic amines is 1. The Morgan fingerprint density at radius 1 is 1.07 bits per heavy atom. The van der Waals surface area contributed by atoms with Crippen LogP contribution in [0.2, 0.25) is 0 Å². The van der Waals surface area contributed by atoms with Crippen LogP contribution >= 0.6 is 11.8 Å². The summed E-state index contributed by atoms with van der Waals surface area (Å²) in [5, 5.41) is 14.6. The van der Waals surface area contributed by atoms with Crippen LogP contribution in [0.4, 0.5) is 5.82 Å². The summed E-state index contributed by atoms with van der Waals surface area (Å²) >= 11 is 2.03. The van der Waals surface area contributed by atoms with E-state index in [-0.39, 0.29) is 6.10 Å². The third-order valence-electron chi connectivity index (χ3n) is 6.11. The molecule has 2 fully saturated rings. The second kappa shape index (κ2) is 8.96. The summed E-state index contributed by atoms with van der Waals surface area (Å²) in [6, 6.07) is 12.7. The molecule has 6 nitrogen and oxygen atoms in total. The lowest BCUT2D eigenvalue weighted by molar-refractivity contribution is 0.126. The first kappa shape index (κ1) is 19.8. The molecule has 7 heteroatoms. The molecule has 0 unspecified atom stereocenters. The van der Waals surface area contributed by atoms with Gasteiger partial charge in [0.2, 0.25) is 0 Å². The molecule has 5 rings (SSSR count). The summed E-state index contributed by atoms with van der Waals surface area (Å²) in [5.74, 6) is 4.05. The molecule has 3 heterocycles. The van der Waals surface area contributed by atoms with Crippen molar-refractivity contribution in [1.82, 2.24) is 19.9 Å². The normalized spacial score (nSPS) is 23.0. The first-order valence-electron chi connectivity index (χ1n) is 10.9. The van der Waals surface area contributed by atoms with Crippen LogP contribution in [0.5, 0.6) is 0 Å². The van der Waals surface area contributed by atoms with Crippen LogP contribution in [-0.4, -0.2) is 61.7 Å². The van der Waals surface area contributed by atoms with E-state index < -0.39 is 0 Å². The van der Waals surface area contributed by atoms with Crippen LogP contribution in [0, 0.1) is 0 Å². The van der Waals surface area contributed by atoms with Gasteiger partial charge >= 0.3 is 0 Å². The highest BCUT2D eigenvalue weighted by Crippen LogP contribution is 2.29. The van der Waals surface area contributed by atoms with E-state index in [9.17, 15) is 5.11 Å². The van der Waals surface area contributed by atoms with Crippen LogP contribution < -0.4 is 5.32 Å². The van der Waals surface area contributed by atoms with Crippen molar-refractivity contribution < 1.29 is 5.11 Å². The van der Waals surface area contributed by atoms with Gasteiger partial charge in [-0.25, -0.2) is 9.97 Å². The van der Waals surface area contributed by atoms with Crippen molar-refractivity contribution in [3.63, 3.8) is 0 Å². The average Bonchev–Trinajstić information content (AvgIpc) is 3.19. The number of rotatable bonds is 5. The lowest BCUT2D eigenvalue weighted by Gasteiger charge is -2.26. The number of aliphatic hydroxyl groups excluding tert-OH is 1. The standard InChI is InChI=1S/C23H29N5OS/c29-19-8-6-17(7-9-19)24-22-20-14-18(15-28-10-12-30-13-11-28)25-23(20)27-21(26-22)16-4-2-1-3-5-16/h1-5,14,17,19,29H,6-13,15H2,(H2,24,25,26,27)/t17-,19-. The van der Waals surface area contributed by atoms with Crippen LogP contribution in [-0.2, 0) is 6.54 Å². The Kier molecular flexibility index (Phi) is 5.93. The highest BCUT2D eigenvalue weighted by Gasteiger charge is 2.22. The number of thioether (sulfide) groups is 1. The molecule has 1 aliphatic carbocycles. The molecule has 1 saturated carbocycles. The second-order valence-electron chi connectivity index (χ2n) is 8.36. The number of nitrogens with zero attached hydrogens (tertiary/aromatic N) is 3. The van der Waals surface area contributed by atoms with Crippen molar-refractivity contribution in [3.05, 3.63) is 42.1 Å². The molecule has 2 aromatic heterocycles. The van der Waals surface area contributed by atoms with Gasteiger partial charge < -0.3 is 15.4 Å². The van der Waals surface area contributed by atoms with Crippen molar-refractivity contribution in [3.8, 4) is 11.4 Å². The fraction of sp³-hybridized carbons (Fsp3) is 0.478. The lowest BCUT2D eigenvalue weighted by atomic mass is 9.93. The minimum absolute atomic E-state index is 0.157. The van der Waals surface area contributed by atoms with E-state index >= 15 is 0 Å². The van der Waals surface area contributed by atoms with Gasteiger partial charge in [-0.05, 0) is 31.7 Å². The van der Waals surface area contributed by atoms with Crippen LogP contribution in [0.1, 0.15) is 31.4 Å². The van der Waals surface area contributed by atoms with Crippen molar-refractivity contribution >= 4 is 28.6 Å². The fourth-order valence-corrected chi connectivity index (χ4v) is 5.37. The quantitative estimate of drug-likeness (QED) is 0.578. The number of aromatic nitrogens is 3. The number of fused-ring (bicyclic) bond motifs is 1. The average molecular weight is 424 g/mol. The zero-order valence-corrected chi connectivity index (χ0v) is 18.0. The Morgan fingerprint density at radius 2 is 1.83 bits per heavy atom. The SMILES string of the molecule is O[C@H]1CC[C@H](Nc2nc(-c3ccccc3)nc3[nH]c(CN4CCSCC4)cc23)CC1. The van der Waals surface area contributed by atoms with E-state index in [0.717, 1.165) is 73.6 Å². The van der Waals surface area contributed by atoms with E-state index in [2.05, 4.69) is 33.4 Å². The first-order valence-corrected chi connectivity index (χ1v) is 12.1. The maximum absolute atomic E-state index is 9.85. The molecule has 0 spiro atoms. The summed E-state index contributed by atoms with van der Waals surface area (Å²) in [7, 11) is 0. The molecule has 30 heavy (non-hydrogen) atoms. The van der Waals surface area contributed by atoms with E-state index in [1.807, 2.05) is 30.0 Å². The maximum Gasteiger partial charge on any atom is 0.163 e. The molecule has 1 saturated heterocycles. The third kappa shape index (κ3) is 4.48. The summed E-state index contributed by atoms with van der Waals surface area (Å²) in [5.41, 5.74) is 3.10. The lowest BCUT2D eigenvalue weighted by Crippen LogP contribution is -2.32. The summed E-state index contributed by atoms with van der Waals surface area (Å²) in [6.45, 7) is 3.19. The zero-order chi connectivity index (χ0) is 20.3. The summed E-state index contributed by atoms with van der Waals surface area (Å²) in [6.07, 6.45) is 3.48. The number of hydrogen-bond acceptors (Lipinski definition) is 6. The maximum atomic E-state index is 9.85. The number of benzene rings is 1. The Hall–Kier alpha value is -2.09. The topological polar surface area (TPSA) is 77.1 Å². The predicted molar refractivity (Wildman–Crippen MR) is 124 cm³/mol. The van der Waals surface area contributed by atoms with E-state index in [0.29, 0.717) is 6.04 Å². The smallest absolute Gasteiger partial charge is 0.163 e. The molecule has 0 amide bonds. The summed E-state index contributed by atoms with van der Waals surface area (Å²) in [4.78, 5) is 15.8. The van der Waals surface area contributed by atoms with Gasteiger partial charge in [-0.15, -0.1) is 0 Å². The van der Waals surface area contributed by atoms with Gasteiger partial charge in [0.25, 0.3) is 0 Å². The van der Waals surface area contributed by atoms with Gasteiger partial charge in [-0.1, -0.05) is 30.3 Å². The van der Waals surface area contributed by atoms with E-state index in [1.54, 1.807) is 0 Å². The van der Waals surface area contributed by atoms with Gasteiger partial charge in [0, 0.05) is 48.4 Å². The van der Waals surface area contributed by atoms with Crippen molar-refractivity contribution in [2.24, 2.45) is 0 Å². The van der Waals surface area contributed by atoms with E-state index in [1.165, 1.54) is 17.2 Å². The van der Waals surface area contributed by atoms with Crippen molar-refractivity contribution in [2.45, 2.75) is 44.4 Å². The molecule has 158 valence electrons. The second-order valence-corrected chi connectivity index (χ2v) is 9.58. The molecule has 0 radical (unpaired) electrons. The summed E-state index contributed by atoms with van der Waals surface area (Å²) < 4.78 is 0. The molecule has 3 aromatic rings. The molecule has 0 atom stereocenters. The number of H-pyrrole nitrogens is 1. The zero-order valence-electron chi connectivity index (χ0n) is 17.2. The number of nitrogens with one attached hydrogen (secondary N) is 2. The molecule has 2 aliphatic rings. The minimum Gasteiger partial charge on any atom is -0.393 e. The monoisotopic (exact) mass is 423 g/mol. The number of hydrogen-bond donors (Lipinski definition) is 3. The molecular weight excluding hydrogens is 394 g/mol. The van der Waals surface area contributed by atoms with Gasteiger partial charge in [-0.3, -0.25) is 4.90 Å². The van der Waals surface area contributed by atoms with Crippen LogP contribution in [0.15, 0.2) is 36.4 Å². The highest BCUT2D eigenvalue weighted by atomic mass is 32.2. The van der Waals surface area contributed by atoms with E-state index in [4.69, 9.17) is 9.97 Å². The predicted octanol–water partition coefficient (Wildman–Crippen LogP) is 3.89.